The fourth-order valence-corrected chi connectivity index (χ4v) is 4.87. The number of ether oxygens (including phenoxy) is 1. The minimum Gasteiger partial charge on any atom is -0.376 e. The van der Waals surface area contributed by atoms with Gasteiger partial charge in [0.1, 0.15) is 0 Å². The van der Waals surface area contributed by atoms with Crippen LogP contribution in [0.15, 0.2) is 46.7 Å². The first-order valence-electron chi connectivity index (χ1n) is 9.77. The number of hydrogen-bond acceptors (Lipinski definition) is 6. The van der Waals surface area contributed by atoms with E-state index in [9.17, 15) is 18.0 Å². The summed E-state index contributed by atoms with van der Waals surface area (Å²) in [5.41, 5.74) is 0. The summed E-state index contributed by atoms with van der Waals surface area (Å²) in [6, 6.07) is 9.34. The van der Waals surface area contributed by atoms with Crippen molar-refractivity contribution in [2.24, 2.45) is 0 Å². The first-order valence-corrected chi connectivity index (χ1v) is 12.5. The van der Waals surface area contributed by atoms with Crippen LogP contribution in [0.2, 0.25) is 5.02 Å². The number of nitrogens with zero attached hydrogens (tertiary/aromatic N) is 1. The smallest absolute Gasteiger partial charge is 0.241 e. The minimum atomic E-state index is -3.89. The SMILES string of the molecule is O=C(CN(Cc1cccs1)C(=O)CNS(=O)(=O)c1ccc(Cl)cc1)NC[C@H]1CCCO1. The fourth-order valence-electron chi connectivity index (χ4n) is 3.05. The van der Waals surface area contributed by atoms with Crippen LogP contribution in [-0.2, 0) is 30.9 Å². The van der Waals surface area contributed by atoms with Gasteiger partial charge in [-0.1, -0.05) is 17.7 Å². The number of amides is 2. The zero-order valence-electron chi connectivity index (χ0n) is 16.8. The van der Waals surface area contributed by atoms with Crippen molar-refractivity contribution in [3.63, 3.8) is 0 Å². The number of carbonyl (C=O) groups excluding carboxylic acids is 2. The molecule has 1 aromatic heterocycles. The van der Waals surface area contributed by atoms with Gasteiger partial charge in [-0.05, 0) is 48.6 Å². The second kappa shape index (κ2) is 11.1. The Bertz CT molecular complexity index is 975. The molecule has 168 valence electrons. The number of sulfonamides is 1. The van der Waals surface area contributed by atoms with Crippen LogP contribution in [0.3, 0.4) is 0 Å². The first-order chi connectivity index (χ1) is 14.8. The summed E-state index contributed by atoms with van der Waals surface area (Å²) in [6.45, 7) is 0.661. The van der Waals surface area contributed by atoms with Gasteiger partial charge in [-0.2, -0.15) is 0 Å². The van der Waals surface area contributed by atoms with Crippen LogP contribution in [0, 0.1) is 0 Å². The van der Waals surface area contributed by atoms with Crippen LogP contribution in [-0.4, -0.2) is 57.5 Å². The average Bonchev–Trinajstić information content (AvgIpc) is 3.44. The van der Waals surface area contributed by atoms with E-state index < -0.39 is 22.5 Å². The summed E-state index contributed by atoms with van der Waals surface area (Å²) in [5.74, 6) is -0.820. The van der Waals surface area contributed by atoms with Crippen LogP contribution in [0.5, 0.6) is 0 Å². The van der Waals surface area contributed by atoms with Gasteiger partial charge >= 0.3 is 0 Å². The van der Waals surface area contributed by atoms with Crippen LogP contribution >= 0.6 is 22.9 Å². The molecular weight excluding hydrogens is 462 g/mol. The number of hydrogen-bond donors (Lipinski definition) is 2. The molecule has 1 aliphatic heterocycles. The number of nitrogens with one attached hydrogen (secondary N) is 2. The molecule has 2 heterocycles. The molecule has 31 heavy (non-hydrogen) atoms. The summed E-state index contributed by atoms with van der Waals surface area (Å²) >= 11 is 7.25. The molecule has 1 saturated heterocycles. The Hall–Kier alpha value is -1.98. The van der Waals surface area contributed by atoms with Crippen molar-refractivity contribution in [3.8, 4) is 0 Å². The van der Waals surface area contributed by atoms with E-state index in [2.05, 4.69) is 10.0 Å². The third-order valence-electron chi connectivity index (χ3n) is 4.70. The van der Waals surface area contributed by atoms with E-state index in [0.717, 1.165) is 17.7 Å². The van der Waals surface area contributed by atoms with Crippen molar-refractivity contribution in [2.75, 3.05) is 26.2 Å². The summed E-state index contributed by atoms with van der Waals surface area (Å²) < 4.78 is 32.7. The van der Waals surface area contributed by atoms with Gasteiger partial charge in [-0.3, -0.25) is 9.59 Å². The molecule has 1 aromatic carbocycles. The molecule has 0 bridgehead atoms. The Morgan fingerprint density at radius 2 is 2.00 bits per heavy atom. The lowest BCUT2D eigenvalue weighted by Gasteiger charge is -2.22. The van der Waals surface area contributed by atoms with E-state index >= 15 is 0 Å². The van der Waals surface area contributed by atoms with E-state index in [1.54, 1.807) is 0 Å². The highest BCUT2D eigenvalue weighted by Gasteiger charge is 2.22. The van der Waals surface area contributed by atoms with Gasteiger partial charge in [0.2, 0.25) is 21.8 Å². The molecule has 2 N–H and O–H groups in total. The molecule has 0 saturated carbocycles. The molecule has 2 amide bonds. The van der Waals surface area contributed by atoms with Gasteiger partial charge in [0.25, 0.3) is 0 Å². The molecular formula is C20H24ClN3O5S2. The lowest BCUT2D eigenvalue weighted by atomic mass is 10.2. The van der Waals surface area contributed by atoms with Crippen molar-refractivity contribution in [1.29, 1.82) is 0 Å². The number of rotatable bonds is 10. The van der Waals surface area contributed by atoms with Crippen molar-refractivity contribution in [2.45, 2.75) is 30.4 Å². The summed E-state index contributed by atoms with van der Waals surface area (Å²) in [6.07, 6.45) is 1.86. The zero-order chi connectivity index (χ0) is 22.3. The van der Waals surface area contributed by atoms with E-state index in [1.807, 2.05) is 17.5 Å². The lowest BCUT2D eigenvalue weighted by molar-refractivity contribution is -0.135. The third-order valence-corrected chi connectivity index (χ3v) is 7.23. The van der Waals surface area contributed by atoms with Crippen LogP contribution in [0.4, 0.5) is 0 Å². The van der Waals surface area contributed by atoms with E-state index in [1.165, 1.54) is 40.5 Å². The zero-order valence-corrected chi connectivity index (χ0v) is 19.1. The van der Waals surface area contributed by atoms with Gasteiger partial charge < -0.3 is 15.0 Å². The Morgan fingerprint density at radius 1 is 1.23 bits per heavy atom. The maximum absolute atomic E-state index is 12.8. The molecule has 0 radical (unpaired) electrons. The highest BCUT2D eigenvalue weighted by atomic mass is 35.5. The Kier molecular flexibility index (Phi) is 8.44. The summed E-state index contributed by atoms with van der Waals surface area (Å²) in [4.78, 5) is 27.4. The number of benzene rings is 1. The minimum absolute atomic E-state index is 0.00316. The molecule has 2 aromatic rings. The molecule has 0 aliphatic carbocycles. The van der Waals surface area contributed by atoms with Gasteiger partial charge in [0.05, 0.1) is 30.6 Å². The summed E-state index contributed by atoms with van der Waals surface area (Å²) in [7, 11) is -3.89. The second-order valence-electron chi connectivity index (χ2n) is 7.05. The first kappa shape index (κ1) is 23.7. The second-order valence-corrected chi connectivity index (χ2v) is 10.3. The molecule has 1 atom stereocenters. The Morgan fingerprint density at radius 3 is 2.65 bits per heavy atom. The van der Waals surface area contributed by atoms with Crippen LogP contribution in [0.1, 0.15) is 17.7 Å². The topological polar surface area (TPSA) is 105 Å². The molecule has 1 aliphatic rings. The van der Waals surface area contributed by atoms with Crippen LogP contribution < -0.4 is 10.0 Å². The maximum Gasteiger partial charge on any atom is 0.241 e. The highest BCUT2D eigenvalue weighted by Crippen LogP contribution is 2.15. The lowest BCUT2D eigenvalue weighted by Crippen LogP contribution is -2.45. The van der Waals surface area contributed by atoms with Gasteiger partial charge in [0, 0.05) is 23.1 Å². The predicted octanol–water partition coefficient (Wildman–Crippen LogP) is 2.00. The maximum atomic E-state index is 12.8. The van der Waals surface area contributed by atoms with E-state index in [4.69, 9.17) is 16.3 Å². The van der Waals surface area contributed by atoms with Crippen molar-refractivity contribution < 1.29 is 22.7 Å². The van der Waals surface area contributed by atoms with Crippen molar-refractivity contribution in [1.82, 2.24) is 14.9 Å². The molecule has 0 unspecified atom stereocenters. The monoisotopic (exact) mass is 485 g/mol. The van der Waals surface area contributed by atoms with Crippen molar-refractivity contribution >= 4 is 44.8 Å². The average molecular weight is 486 g/mol. The Labute approximate surface area is 190 Å². The van der Waals surface area contributed by atoms with Gasteiger partial charge in [0.15, 0.2) is 0 Å². The number of halogens is 1. The molecule has 3 rings (SSSR count). The molecule has 1 fully saturated rings. The third kappa shape index (κ3) is 7.29. The van der Waals surface area contributed by atoms with Crippen LogP contribution in [0.25, 0.3) is 0 Å². The quantitative estimate of drug-likeness (QED) is 0.535. The standard InChI is InChI=1S/C20H24ClN3O5S2/c21-15-5-7-18(8-6-15)31(27,28)23-12-20(26)24(13-17-4-2-10-30-17)14-19(25)22-11-16-3-1-9-29-16/h2,4-8,10,16,23H,1,3,9,11-14H2,(H,22,25)/t16-/m1/s1. The number of thiophene rings is 1. The molecule has 11 heteroatoms. The van der Waals surface area contributed by atoms with Gasteiger partial charge in [-0.25, -0.2) is 13.1 Å². The fraction of sp³-hybridized carbons (Fsp3) is 0.400. The molecule has 8 nitrogen and oxygen atoms in total. The van der Waals surface area contributed by atoms with E-state index in [0.29, 0.717) is 18.2 Å². The van der Waals surface area contributed by atoms with Crippen molar-refractivity contribution in [3.05, 3.63) is 51.7 Å². The number of carbonyl (C=O) groups is 2. The van der Waals surface area contributed by atoms with Gasteiger partial charge in [-0.15, -0.1) is 11.3 Å². The highest BCUT2D eigenvalue weighted by molar-refractivity contribution is 7.89. The molecule has 0 spiro atoms. The van der Waals surface area contributed by atoms with E-state index in [-0.39, 0.29) is 30.0 Å². The normalized spacial score (nSPS) is 16.2. The summed E-state index contributed by atoms with van der Waals surface area (Å²) in [5, 5.41) is 5.07. The predicted molar refractivity (Wildman–Crippen MR) is 118 cm³/mol. The Balaban J connectivity index is 1.59. The largest absolute Gasteiger partial charge is 0.376 e.